The Labute approximate surface area is 191 Å². The minimum absolute atomic E-state index is 0.297. The van der Waals surface area contributed by atoms with Crippen LogP contribution in [0.3, 0.4) is 0 Å². The number of methoxy groups -OCH3 is 1. The molecule has 0 aliphatic rings. The van der Waals surface area contributed by atoms with E-state index in [9.17, 15) is 9.59 Å². The van der Waals surface area contributed by atoms with Crippen molar-refractivity contribution in [1.82, 2.24) is 24.9 Å². The van der Waals surface area contributed by atoms with Crippen molar-refractivity contribution in [2.45, 2.75) is 40.3 Å². The second-order valence-corrected chi connectivity index (χ2v) is 8.13. The second kappa shape index (κ2) is 8.90. The maximum absolute atomic E-state index is 13.3. The first-order chi connectivity index (χ1) is 15.8. The fourth-order valence-corrected chi connectivity index (χ4v) is 3.84. The van der Waals surface area contributed by atoms with E-state index in [0.29, 0.717) is 23.1 Å². The van der Waals surface area contributed by atoms with Crippen LogP contribution >= 0.6 is 0 Å². The number of carbonyl (C=O) groups excluding carboxylic acids is 1. The number of carbonyl (C=O) groups is 1. The molecule has 33 heavy (non-hydrogen) atoms. The van der Waals surface area contributed by atoms with Gasteiger partial charge in [-0.2, -0.15) is 10.2 Å². The quantitative estimate of drug-likeness (QED) is 0.491. The standard InChI is InChI=1S/C25H27N5O3/c1-15-6-10-20(11-7-15)29-17(3)22-16(2)27-30(25(32)23(22)28-29)18(4)24(31)26-14-19-8-12-21(33-5)13-9-19/h6-13,18H,14H2,1-5H3,(H,26,31)/t18-/m0/s1. The summed E-state index contributed by atoms with van der Waals surface area (Å²) in [5.74, 6) is 0.451. The SMILES string of the molecule is COc1ccc(CNC(=O)[C@H](C)n2nc(C)c3c(C)n(-c4ccc(C)cc4)nc3c2=O)cc1. The molecular formula is C25H27N5O3. The number of hydrogen-bond donors (Lipinski definition) is 1. The van der Waals surface area contributed by atoms with E-state index >= 15 is 0 Å². The fraction of sp³-hybridized carbons (Fsp3) is 0.280. The molecule has 1 N–H and O–H groups in total. The zero-order valence-electron chi connectivity index (χ0n) is 19.4. The average Bonchev–Trinajstić information content (AvgIpc) is 3.18. The van der Waals surface area contributed by atoms with Gasteiger partial charge in [0.25, 0.3) is 5.56 Å². The van der Waals surface area contributed by atoms with Gasteiger partial charge in [-0.1, -0.05) is 29.8 Å². The molecule has 1 atom stereocenters. The number of hydrogen-bond acceptors (Lipinski definition) is 5. The van der Waals surface area contributed by atoms with E-state index in [1.807, 2.05) is 69.3 Å². The number of amides is 1. The number of benzene rings is 2. The van der Waals surface area contributed by atoms with Crippen LogP contribution in [0, 0.1) is 20.8 Å². The lowest BCUT2D eigenvalue weighted by Gasteiger charge is -2.15. The molecule has 0 saturated heterocycles. The van der Waals surface area contributed by atoms with Crippen molar-refractivity contribution in [3.05, 3.63) is 81.4 Å². The third kappa shape index (κ3) is 4.24. The number of rotatable bonds is 6. The largest absolute Gasteiger partial charge is 0.497 e. The monoisotopic (exact) mass is 445 g/mol. The van der Waals surface area contributed by atoms with Gasteiger partial charge in [-0.15, -0.1) is 0 Å². The summed E-state index contributed by atoms with van der Waals surface area (Å²) in [4.78, 5) is 26.1. The van der Waals surface area contributed by atoms with Gasteiger partial charge in [-0.3, -0.25) is 9.59 Å². The highest BCUT2D eigenvalue weighted by Crippen LogP contribution is 2.22. The summed E-state index contributed by atoms with van der Waals surface area (Å²) in [6, 6.07) is 14.6. The Kier molecular flexibility index (Phi) is 6.00. The van der Waals surface area contributed by atoms with Crippen LogP contribution in [0.4, 0.5) is 0 Å². The van der Waals surface area contributed by atoms with Crippen LogP contribution in [0.1, 0.15) is 35.5 Å². The molecule has 2 heterocycles. The molecule has 1 amide bonds. The van der Waals surface area contributed by atoms with Crippen molar-refractivity contribution < 1.29 is 9.53 Å². The van der Waals surface area contributed by atoms with Gasteiger partial charge < -0.3 is 10.1 Å². The van der Waals surface area contributed by atoms with E-state index in [-0.39, 0.29) is 5.91 Å². The molecule has 0 aliphatic carbocycles. The van der Waals surface area contributed by atoms with E-state index < -0.39 is 11.6 Å². The molecular weight excluding hydrogens is 418 g/mol. The summed E-state index contributed by atoms with van der Waals surface area (Å²) >= 11 is 0. The molecule has 0 saturated carbocycles. The van der Waals surface area contributed by atoms with Crippen molar-refractivity contribution >= 4 is 16.8 Å². The van der Waals surface area contributed by atoms with Crippen LogP contribution in [0.2, 0.25) is 0 Å². The minimum Gasteiger partial charge on any atom is -0.497 e. The highest BCUT2D eigenvalue weighted by molar-refractivity contribution is 5.84. The van der Waals surface area contributed by atoms with E-state index in [1.165, 1.54) is 4.68 Å². The van der Waals surface area contributed by atoms with Gasteiger partial charge in [0, 0.05) is 6.54 Å². The highest BCUT2D eigenvalue weighted by Gasteiger charge is 2.23. The molecule has 8 heteroatoms. The predicted octanol–water partition coefficient (Wildman–Crippen LogP) is 3.39. The maximum atomic E-state index is 13.3. The normalized spacial score (nSPS) is 12.0. The van der Waals surface area contributed by atoms with Crippen LogP contribution < -0.4 is 15.6 Å². The van der Waals surface area contributed by atoms with Crippen molar-refractivity contribution in [1.29, 1.82) is 0 Å². The van der Waals surface area contributed by atoms with Gasteiger partial charge >= 0.3 is 0 Å². The molecule has 0 aliphatic heterocycles. The fourth-order valence-electron chi connectivity index (χ4n) is 3.84. The Morgan fingerprint density at radius 1 is 1.03 bits per heavy atom. The predicted molar refractivity (Wildman–Crippen MR) is 127 cm³/mol. The molecule has 0 bridgehead atoms. The maximum Gasteiger partial charge on any atom is 0.295 e. The summed E-state index contributed by atoms with van der Waals surface area (Å²) in [6.45, 7) is 7.76. The minimum atomic E-state index is -0.788. The smallest absolute Gasteiger partial charge is 0.295 e. The number of nitrogens with zero attached hydrogens (tertiary/aromatic N) is 4. The highest BCUT2D eigenvalue weighted by atomic mass is 16.5. The topological polar surface area (TPSA) is 91.0 Å². The second-order valence-electron chi connectivity index (χ2n) is 8.13. The van der Waals surface area contributed by atoms with Crippen molar-refractivity contribution in [2.75, 3.05) is 7.11 Å². The first kappa shape index (κ1) is 22.3. The average molecular weight is 446 g/mol. The molecule has 170 valence electrons. The number of nitrogens with one attached hydrogen (secondary N) is 1. The van der Waals surface area contributed by atoms with Crippen LogP contribution in [-0.4, -0.2) is 32.6 Å². The number of fused-ring (bicyclic) bond motifs is 1. The van der Waals surface area contributed by atoms with Gasteiger partial charge in [-0.25, -0.2) is 9.36 Å². The Morgan fingerprint density at radius 3 is 2.33 bits per heavy atom. The summed E-state index contributed by atoms with van der Waals surface area (Å²) in [6.07, 6.45) is 0. The third-order valence-electron chi connectivity index (χ3n) is 5.80. The van der Waals surface area contributed by atoms with Crippen molar-refractivity contribution in [2.24, 2.45) is 0 Å². The third-order valence-corrected chi connectivity index (χ3v) is 5.80. The number of ether oxygens (including phenoxy) is 1. The van der Waals surface area contributed by atoms with Gasteiger partial charge in [0.05, 0.1) is 29.6 Å². The Balaban J connectivity index is 1.63. The molecule has 2 aromatic carbocycles. The Hall–Kier alpha value is -3.94. The van der Waals surface area contributed by atoms with Crippen LogP contribution in [-0.2, 0) is 11.3 Å². The van der Waals surface area contributed by atoms with E-state index in [1.54, 1.807) is 18.7 Å². The zero-order chi connectivity index (χ0) is 23.7. The molecule has 4 rings (SSSR count). The summed E-state index contributed by atoms with van der Waals surface area (Å²) in [7, 11) is 1.60. The Morgan fingerprint density at radius 2 is 1.70 bits per heavy atom. The van der Waals surface area contributed by atoms with E-state index in [2.05, 4.69) is 15.5 Å². The molecule has 0 fully saturated rings. The van der Waals surface area contributed by atoms with Crippen LogP contribution in [0.5, 0.6) is 5.75 Å². The molecule has 0 unspecified atom stereocenters. The zero-order valence-corrected chi connectivity index (χ0v) is 19.4. The number of aromatic nitrogens is 4. The van der Waals surface area contributed by atoms with Crippen molar-refractivity contribution in [3.8, 4) is 11.4 Å². The molecule has 0 radical (unpaired) electrons. The molecule has 8 nitrogen and oxygen atoms in total. The van der Waals surface area contributed by atoms with Crippen molar-refractivity contribution in [3.63, 3.8) is 0 Å². The lowest BCUT2D eigenvalue weighted by Crippen LogP contribution is -2.37. The van der Waals surface area contributed by atoms with Gasteiger partial charge in [0.15, 0.2) is 5.52 Å². The first-order valence-electron chi connectivity index (χ1n) is 10.8. The summed E-state index contributed by atoms with van der Waals surface area (Å²) < 4.78 is 8.12. The van der Waals surface area contributed by atoms with Gasteiger partial charge in [0.2, 0.25) is 5.91 Å². The van der Waals surface area contributed by atoms with Crippen LogP contribution in [0.15, 0.2) is 53.3 Å². The summed E-state index contributed by atoms with van der Waals surface area (Å²) in [5.41, 5.74) is 4.32. The summed E-state index contributed by atoms with van der Waals surface area (Å²) in [5, 5.41) is 12.6. The lowest BCUT2D eigenvalue weighted by molar-refractivity contribution is -0.124. The molecule has 2 aromatic heterocycles. The van der Waals surface area contributed by atoms with Gasteiger partial charge in [0.1, 0.15) is 11.8 Å². The van der Waals surface area contributed by atoms with Crippen LogP contribution in [0.25, 0.3) is 16.6 Å². The van der Waals surface area contributed by atoms with E-state index in [0.717, 1.165) is 28.3 Å². The number of aryl methyl sites for hydroxylation is 3. The lowest BCUT2D eigenvalue weighted by atomic mass is 10.2. The molecule has 0 spiro atoms. The first-order valence-corrected chi connectivity index (χ1v) is 10.8. The van der Waals surface area contributed by atoms with E-state index in [4.69, 9.17) is 4.74 Å². The van der Waals surface area contributed by atoms with Gasteiger partial charge in [-0.05, 0) is 57.5 Å². The molecule has 4 aromatic rings. The Bertz CT molecular complexity index is 1370.